The number of carboxylic acid groups (broad SMARTS) is 1. The third-order valence-corrected chi connectivity index (χ3v) is 3.18. The highest BCUT2D eigenvalue weighted by molar-refractivity contribution is 5.70. The number of hydrogen-bond donors (Lipinski definition) is 1. The molecule has 1 aromatic heterocycles. The van der Waals surface area contributed by atoms with Crippen molar-refractivity contribution in [3.63, 3.8) is 0 Å². The Morgan fingerprint density at radius 1 is 1.47 bits per heavy atom. The van der Waals surface area contributed by atoms with Gasteiger partial charge >= 0.3 is 5.97 Å². The van der Waals surface area contributed by atoms with E-state index in [9.17, 15) is 4.79 Å². The fourth-order valence-corrected chi connectivity index (χ4v) is 1.95. The molecule has 2 atom stereocenters. The Bertz CT molecular complexity index is 386. The van der Waals surface area contributed by atoms with E-state index < -0.39 is 11.9 Å². The molecule has 0 amide bonds. The second-order valence-electron chi connectivity index (χ2n) is 4.15. The molecule has 0 aliphatic carbocycles. The average Bonchev–Trinajstić information content (AvgIpc) is 2.75. The summed E-state index contributed by atoms with van der Waals surface area (Å²) in [4.78, 5) is 10.9. The van der Waals surface area contributed by atoms with E-state index in [1.807, 2.05) is 6.92 Å². The van der Waals surface area contributed by atoms with Crippen molar-refractivity contribution >= 4 is 5.97 Å². The summed E-state index contributed by atoms with van der Waals surface area (Å²) >= 11 is 0. The van der Waals surface area contributed by atoms with Gasteiger partial charge in [0.1, 0.15) is 11.6 Å². The molecule has 0 saturated heterocycles. The third-order valence-electron chi connectivity index (χ3n) is 3.18. The van der Waals surface area contributed by atoms with E-state index in [1.54, 1.807) is 6.92 Å². The van der Waals surface area contributed by atoms with Crippen LogP contribution in [0.15, 0.2) is 0 Å². The molecule has 0 saturated carbocycles. The van der Waals surface area contributed by atoms with Crippen molar-refractivity contribution in [1.29, 1.82) is 0 Å². The van der Waals surface area contributed by atoms with Crippen LogP contribution >= 0.6 is 0 Å². The van der Waals surface area contributed by atoms with E-state index in [0.29, 0.717) is 0 Å². The highest BCUT2D eigenvalue weighted by Gasteiger charge is 2.28. The number of aliphatic carboxylic acids is 1. The summed E-state index contributed by atoms with van der Waals surface area (Å²) in [5.41, 5.74) is 0. The lowest BCUT2D eigenvalue weighted by molar-refractivity contribution is -0.141. The summed E-state index contributed by atoms with van der Waals surface area (Å²) < 4.78 is 2.06. The van der Waals surface area contributed by atoms with Crippen LogP contribution in [0.5, 0.6) is 0 Å². The molecule has 5 nitrogen and oxygen atoms in total. The molecule has 2 heterocycles. The van der Waals surface area contributed by atoms with Gasteiger partial charge in [0.15, 0.2) is 0 Å². The molecule has 0 radical (unpaired) electrons. The smallest absolute Gasteiger partial charge is 0.306 e. The zero-order valence-corrected chi connectivity index (χ0v) is 8.97. The normalized spacial score (nSPS) is 18.5. The van der Waals surface area contributed by atoms with Gasteiger partial charge in [0.2, 0.25) is 0 Å². The number of nitrogens with zero attached hydrogens (tertiary/aromatic N) is 3. The Labute approximate surface area is 88.1 Å². The van der Waals surface area contributed by atoms with Crippen LogP contribution in [0, 0.1) is 5.92 Å². The van der Waals surface area contributed by atoms with Crippen molar-refractivity contribution in [1.82, 2.24) is 14.8 Å². The van der Waals surface area contributed by atoms with Gasteiger partial charge in [0.05, 0.1) is 5.92 Å². The third kappa shape index (κ3) is 1.62. The standard InChI is InChI=1S/C10H15N3O2/c1-6(7(2)10(14)15)9-12-11-8-4-3-5-13(8)9/h6-7H,3-5H2,1-2H3,(H,14,15). The topological polar surface area (TPSA) is 68.0 Å². The quantitative estimate of drug-likeness (QED) is 0.807. The zero-order valence-electron chi connectivity index (χ0n) is 8.97. The lowest BCUT2D eigenvalue weighted by atomic mass is 9.95. The van der Waals surface area contributed by atoms with E-state index in [1.165, 1.54) is 0 Å². The minimum absolute atomic E-state index is 0.0816. The van der Waals surface area contributed by atoms with E-state index in [4.69, 9.17) is 5.11 Å². The minimum Gasteiger partial charge on any atom is -0.481 e. The van der Waals surface area contributed by atoms with Crippen molar-refractivity contribution in [2.75, 3.05) is 0 Å². The highest BCUT2D eigenvalue weighted by Crippen LogP contribution is 2.26. The number of aromatic nitrogens is 3. The molecule has 0 spiro atoms. The lowest BCUT2D eigenvalue weighted by Gasteiger charge is -2.15. The van der Waals surface area contributed by atoms with Crippen LogP contribution in [0.1, 0.15) is 37.8 Å². The molecule has 1 aromatic rings. The Hall–Kier alpha value is -1.39. The van der Waals surface area contributed by atoms with Gasteiger partial charge in [-0.3, -0.25) is 4.79 Å². The Kier molecular flexibility index (Phi) is 2.46. The number of carbonyl (C=O) groups is 1. The van der Waals surface area contributed by atoms with Gasteiger partial charge in [0.25, 0.3) is 0 Å². The van der Waals surface area contributed by atoms with Gasteiger partial charge in [-0.1, -0.05) is 13.8 Å². The molecular formula is C10H15N3O2. The van der Waals surface area contributed by atoms with Crippen LogP contribution in [0.4, 0.5) is 0 Å². The molecule has 1 N–H and O–H groups in total. The van der Waals surface area contributed by atoms with Crippen LogP contribution in [0.3, 0.4) is 0 Å². The fraction of sp³-hybridized carbons (Fsp3) is 0.700. The predicted octanol–water partition coefficient (Wildman–Crippen LogP) is 1.05. The fourth-order valence-electron chi connectivity index (χ4n) is 1.95. The van der Waals surface area contributed by atoms with Gasteiger partial charge in [-0.15, -0.1) is 10.2 Å². The molecule has 82 valence electrons. The van der Waals surface area contributed by atoms with Crippen molar-refractivity contribution in [2.24, 2.45) is 5.92 Å². The maximum Gasteiger partial charge on any atom is 0.306 e. The second-order valence-corrected chi connectivity index (χ2v) is 4.15. The minimum atomic E-state index is -0.780. The monoisotopic (exact) mass is 209 g/mol. The second kappa shape index (κ2) is 3.64. The van der Waals surface area contributed by atoms with Crippen LogP contribution in [-0.4, -0.2) is 25.8 Å². The highest BCUT2D eigenvalue weighted by atomic mass is 16.4. The van der Waals surface area contributed by atoms with Crippen molar-refractivity contribution < 1.29 is 9.90 Å². The molecule has 15 heavy (non-hydrogen) atoms. The summed E-state index contributed by atoms with van der Waals surface area (Å²) in [5, 5.41) is 17.1. The largest absolute Gasteiger partial charge is 0.481 e. The maximum atomic E-state index is 10.9. The van der Waals surface area contributed by atoms with Crippen LogP contribution in [0.25, 0.3) is 0 Å². The van der Waals surface area contributed by atoms with Gasteiger partial charge in [-0.25, -0.2) is 0 Å². The summed E-state index contributed by atoms with van der Waals surface area (Å²) in [6, 6.07) is 0. The van der Waals surface area contributed by atoms with Crippen molar-refractivity contribution in [3.8, 4) is 0 Å². The maximum absolute atomic E-state index is 10.9. The molecular weight excluding hydrogens is 194 g/mol. The Balaban J connectivity index is 2.26. The molecule has 2 rings (SSSR count). The van der Waals surface area contributed by atoms with Gasteiger partial charge in [-0.05, 0) is 6.42 Å². The summed E-state index contributed by atoms with van der Waals surface area (Å²) in [6.45, 7) is 4.53. The number of aryl methyl sites for hydroxylation is 1. The first kappa shape index (κ1) is 10.1. The van der Waals surface area contributed by atoms with Crippen molar-refractivity contribution in [3.05, 3.63) is 11.6 Å². The number of rotatable bonds is 3. The first-order valence-electron chi connectivity index (χ1n) is 5.26. The van der Waals surface area contributed by atoms with Crippen LogP contribution in [-0.2, 0) is 17.8 Å². The van der Waals surface area contributed by atoms with Crippen molar-refractivity contribution in [2.45, 2.75) is 39.2 Å². The van der Waals surface area contributed by atoms with Crippen LogP contribution < -0.4 is 0 Å². The number of hydrogen-bond acceptors (Lipinski definition) is 3. The van der Waals surface area contributed by atoms with Gasteiger partial charge in [0, 0.05) is 18.9 Å². The summed E-state index contributed by atoms with van der Waals surface area (Å²) in [7, 11) is 0. The summed E-state index contributed by atoms with van der Waals surface area (Å²) in [6.07, 6.45) is 2.05. The molecule has 0 fully saturated rings. The lowest BCUT2D eigenvalue weighted by Crippen LogP contribution is -2.19. The SMILES string of the molecule is CC(C(=O)O)C(C)c1nnc2n1CCC2. The predicted molar refractivity (Wildman–Crippen MR) is 53.6 cm³/mol. The number of fused-ring (bicyclic) bond motifs is 1. The van der Waals surface area contributed by atoms with E-state index in [2.05, 4.69) is 14.8 Å². The van der Waals surface area contributed by atoms with E-state index >= 15 is 0 Å². The number of carboxylic acids is 1. The van der Waals surface area contributed by atoms with E-state index in [-0.39, 0.29) is 5.92 Å². The Morgan fingerprint density at radius 2 is 2.20 bits per heavy atom. The summed E-state index contributed by atoms with van der Waals surface area (Å²) in [5.74, 6) is 0.533. The first-order chi connectivity index (χ1) is 7.11. The first-order valence-corrected chi connectivity index (χ1v) is 5.26. The average molecular weight is 209 g/mol. The molecule has 1 aliphatic heterocycles. The zero-order chi connectivity index (χ0) is 11.0. The Morgan fingerprint density at radius 3 is 2.87 bits per heavy atom. The molecule has 2 unspecified atom stereocenters. The van der Waals surface area contributed by atoms with Gasteiger partial charge in [-0.2, -0.15) is 0 Å². The van der Waals surface area contributed by atoms with E-state index in [0.717, 1.165) is 31.0 Å². The molecule has 1 aliphatic rings. The molecule has 5 heteroatoms. The van der Waals surface area contributed by atoms with Gasteiger partial charge < -0.3 is 9.67 Å². The molecule has 0 aromatic carbocycles. The molecule has 0 bridgehead atoms. The van der Waals surface area contributed by atoms with Crippen LogP contribution in [0.2, 0.25) is 0 Å².